The van der Waals surface area contributed by atoms with Gasteiger partial charge in [0.05, 0.1) is 28.7 Å². The number of nitrogens with zero attached hydrogens (tertiary/aromatic N) is 4. The van der Waals surface area contributed by atoms with E-state index in [1.165, 1.54) is 6.07 Å². The summed E-state index contributed by atoms with van der Waals surface area (Å²) in [6.07, 6.45) is -2.46. The Bertz CT molecular complexity index is 1390. The zero-order valence-electron chi connectivity index (χ0n) is 24.7. The van der Waals surface area contributed by atoms with Crippen LogP contribution >= 0.6 is 22.9 Å². The van der Waals surface area contributed by atoms with E-state index in [-0.39, 0.29) is 42.3 Å². The smallest absolute Gasteiger partial charge is 0.420 e. The first-order chi connectivity index (χ1) is 20.8. The van der Waals surface area contributed by atoms with Crippen LogP contribution in [0.3, 0.4) is 0 Å². The number of benzene rings is 1. The van der Waals surface area contributed by atoms with Gasteiger partial charge in [0.15, 0.2) is 0 Å². The molecule has 44 heavy (non-hydrogen) atoms. The number of phenolic OH excluding ortho intramolecular Hbond substituents is 1. The molecule has 240 valence electrons. The van der Waals surface area contributed by atoms with Gasteiger partial charge < -0.3 is 30.0 Å². The quantitative estimate of drug-likeness (QED) is 0.424. The van der Waals surface area contributed by atoms with Crippen molar-refractivity contribution in [1.82, 2.24) is 19.6 Å². The molecule has 2 aromatic rings. The first kappa shape index (κ1) is 32.4. The third-order valence-electron chi connectivity index (χ3n) is 9.01. The first-order valence-electron chi connectivity index (χ1n) is 14.8. The third kappa shape index (κ3) is 7.10. The molecular weight excluding hydrogens is 619 g/mol. The standard InChI is InChI=1S/C30H37ClF3N5O4S/c1-36(2)20-3-10-38(11-4-20)28(42)19(13-18-14-22(30(32,33)34)27(41)23(31)15-18)16-26(40)37-8-5-21(6-9-37)39-17-25-24(7-12-44-25)35-29(39)43/h7,12,14-15,19-21,41H,3-6,8-11,13,16-17H2,1-2H3,(H,35,43)/t19-/m0/s1. The molecule has 3 aliphatic rings. The third-order valence-corrected chi connectivity index (χ3v) is 10.2. The van der Waals surface area contributed by atoms with Crippen LogP contribution in [0.1, 0.15) is 48.1 Å². The summed E-state index contributed by atoms with van der Waals surface area (Å²) in [5.74, 6) is -2.49. The van der Waals surface area contributed by atoms with Crippen LogP contribution in [-0.2, 0) is 28.7 Å². The number of rotatable bonds is 7. The number of carbonyl (C=O) groups excluding carboxylic acids is 3. The maximum absolute atomic E-state index is 13.8. The van der Waals surface area contributed by atoms with Gasteiger partial charge in [-0.05, 0) is 75.3 Å². The number of thiophene rings is 1. The lowest BCUT2D eigenvalue weighted by Gasteiger charge is -2.40. The number of hydrogen-bond donors (Lipinski definition) is 2. The highest BCUT2D eigenvalue weighted by Gasteiger charge is 2.38. The predicted octanol–water partition coefficient (Wildman–Crippen LogP) is 5.27. The second-order valence-electron chi connectivity index (χ2n) is 12.0. The molecule has 0 spiro atoms. The van der Waals surface area contributed by atoms with E-state index >= 15 is 0 Å². The van der Waals surface area contributed by atoms with Crippen LogP contribution in [0, 0.1) is 5.92 Å². The first-order valence-corrected chi connectivity index (χ1v) is 16.0. The van der Waals surface area contributed by atoms with Gasteiger partial charge in [-0.25, -0.2) is 4.79 Å². The molecule has 1 aromatic heterocycles. The number of urea groups is 1. The van der Waals surface area contributed by atoms with Crippen molar-refractivity contribution in [2.75, 3.05) is 45.6 Å². The average Bonchev–Trinajstić information content (AvgIpc) is 3.44. The summed E-state index contributed by atoms with van der Waals surface area (Å²) < 4.78 is 40.8. The summed E-state index contributed by atoms with van der Waals surface area (Å²) in [4.78, 5) is 48.4. The molecule has 2 fully saturated rings. The Hall–Kier alpha value is -3.03. The van der Waals surface area contributed by atoms with Crippen LogP contribution < -0.4 is 5.32 Å². The molecule has 0 bridgehead atoms. The largest absolute Gasteiger partial charge is 0.506 e. The van der Waals surface area contributed by atoms with Gasteiger partial charge in [-0.2, -0.15) is 13.2 Å². The number of anilines is 1. The SMILES string of the molecule is CN(C)C1CCN(C(=O)[C@H](CC(=O)N2CCC(N3Cc4sccc4NC3=O)CC2)Cc2cc(Cl)c(O)c(C(F)(F)F)c2)CC1. The molecule has 4 heterocycles. The van der Waals surface area contributed by atoms with Crippen molar-refractivity contribution in [2.45, 2.75) is 63.3 Å². The Labute approximate surface area is 263 Å². The van der Waals surface area contributed by atoms with E-state index in [1.807, 2.05) is 25.5 Å². The Morgan fingerprint density at radius 3 is 2.41 bits per heavy atom. The van der Waals surface area contributed by atoms with Crippen molar-refractivity contribution < 1.29 is 32.7 Å². The number of piperidine rings is 2. The van der Waals surface area contributed by atoms with Gasteiger partial charge in [-0.3, -0.25) is 9.59 Å². The fourth-order valence-electron chi connectivity index (χ4n) is 6.43. The monoisotopic (exact) mass is 655 g/mol. The minimum atomic E-state index is -4.84. The van der Waals surface area contributed by atoms with Gasteiger partial charge in [-0.1, -0.05) is 11.6 Å². The number of carbonyl (C=O) groups is 3. The van der Waals surface area contributed by atoms with Crippen molar-refractivity contribution in [3.63, 3.8) is 0 Å². The van der Waals surface area contributed by atoms with Gasteiger partial charge in [0, 0.05) is 49.6 Å². The van der Waals surface area contributed by atoms with Gasteiger partial charge in [-0.15, -0.1) is 11.3 Å². The minimum Gasteiger partial charge on any atom is -0.506 e. The highest BCUT2D eigenvalue weighted by molar-refractivity contribution is 7.10. The Balaban J connectivity index is 1.28. The van der Waals surface area contributed by atoms with E-state index in [0.717, 1.165) is 29.5 Å². The second kappa shape index (κ2) is 13.1. The zero-order chi connectivity index (χ0) is 31.8. The van der Waals surface area contributed by atoms with Crippen molar-refractivity contribution in [3.05, 3.63) is 44.6 Å². The van der Waals surface area contributed by atoms with Crippen LogP contribution in [0.25, 0.3) is 0 Å². The Morgan fingerprint density at radius 1 is 1.11 bits per heavy atom. The fourth-order valence-corrected chi connectivity index (χ4v) is 7.50. The van der Waals surface area contributed by atoms with Crippen LogP contribution in [0.5, 0.6) is 5.75 Å². The van der Waals surface area contributed by atoms with E-state index in [2.05, 4.69) is 10.2 Å². The number of hydrogen-bond acceptors (Lipinski definition) is 6. The molecule has 2 N–H and O–H groups in total. The van der Waals surface area contributed by atoms with Crippen molar-refractivity contribution in [1.29, 1.82) is 0 Å². The molecule has 1 atom stereocenters. The normalized spacial score (nSPS) is 19.2. The maximum Gasteiger partial charge on any atom is 0.420 e. The Morgan fingerprint density at radius 2 is 1.77 bits per heavy atom. The number of alkyl halides is 3. The molecule has 14 heteroatoms. The summed E-state index contributed by atoms with van der Waals surface area (Å²) in [5.41, 5.74) is -0.317. The molecule has 5 rings (SSSR count). The molecule has 0 unspecified atom stereocenters. The number of aromatic hydroxyl groups is 1. The molecular formula is C30H37ClF3N5O4S. The van der Waals surface area contributed by atoms with Gasteiger partial charge in [0.1, 0.15) is 5.75 Å². The predicted molar refractivity (Wildman–Crippen MR) is 162 cm³/mol. The molecule has 0 radical (unpaired) electrons. The Kier molecular flexibility index (Phi) is 9.66. The molecule has 4 amide bonds. The maximum atomic E-state index is 13.8. The average molecular weight is 656 g/mol. The molecule has 2 saturated heterocycles. The molecule has 9 nitrogen and oxygen atoms in total. The van der Waals surface area contributed by atoms with E-state index in [9.17, 15) is 32.7 Å². The minimum absolute atomic E-state index is 0.0374. The zero-order valence-corrected chi connectivity index (χ0v) is 26.3. The number of halogens is 4. The van der Waals surface area contributed by atoms with E-state index in [0.29, 0.717) is 51.6 Å². The van der Waals surface area contributed by atoms with Crippen LogP contribution in [0.15, 0.2) is 23.6 Å². The highest BCUT2D eigenvalue weighted by atomic mass is 35.5. The summed E-state index contributed by atoms with van der Waals surface area (Å²) >= 11 is 7.55. The van der Waals surface area contributed by atoms with Gasteiger partial charge in [0.25, 0.3) is 0 Å². The van der Waals surface area contributed by atoms with Crippen molar-refractivity contribution in [2.24, 2.45) is 5.92 Å². The van der Waals surface area contributed by atoms with Crippen LogP contribution in [0.4, 0.5) is 23.7 Å². The van der Waals surface area contributed by atoms with Crippen LogP contribution in [0.2, 0.25) is 5.02 Å². The molecule has 0 saturated carbocycles. The number of amides is 4. The topological polar surface area (TPSA) is 96.4 Å². The van der Waals surface area contributed by atoms with Gasteiger partial charge >= 0.3 is 12.2 Å². The lowest BCUT2D eigenvalue weighted by Crippen LogP contribution is -2.51. The van der Waals surface area contributed by atoms with Gasteiger partial charge in [0.2, 0.25) is 11.8 Å². The molecule has 0 aliphatic carbocycles. The summed E-state index contributed by atoms with van der Waals surface area (Å²) in [6.45, 7) is 2.32. The fraction of sp³-hybridized carbons (Fsp3) is 0.567. The summed E-state index contributed by atoms with van der Waals surface area (Å²) in [5, 5.41) is 14.3. The number of nitrogens with one attached hydrogen (secondary N) is 1. The van der Waals surface area contributed by atoms with E-state index in [1.54, 1.807) is 26.0 Å². The molecule has 1 aromatic carbocycles. The van der Waals surface area contributed by atoms with Crippen molar-refractivity contribution >= 4 is 46.5 Å². The second-order valence-corrected chi connectivity index (χ2v) is 13.4. The lowest BCUT2D eigenvalue weighted by atomic mass is 9.91. The molecule has 3 aliphatic heterocycles. The number of phenols is 1. The van der Waals surface area contributed by atoms with E-state index < -0.39 is 28.4 Å². The summed E-state index contributed by atoms with van der Waals surface area (Å²) in [7, 11) is 3.97. The van der Waals surface area contributed by atoms with Crippen LogP contribution in [-0.4, -0.2) is 94.9 Å². The van der Waals surface area contributed by atoms with E-state index in [4.69, 9.17) is 11.6 Å². The van der Waals surface area contributed by atoms with Crippen molar-refractivity contribution in [3.8, 4) is 5.75 Å². The summed E-state index contributed by atoms with van der Waals surface area (Å²) in [6, 6.07) is 4.04. The number of fused-ring (bicyclic) bond motifs is 1. The highest BCUT2D eigenvalue weighted by Crippen LogP contribution is 2.41. The lowest BCUT2D eigenvalue weighted by molar-refractivity contribution is -0.143. The number of likely N-dealkylation sites (tertiary alicyclic amines) is 2.